The van der Waals surface area contributed by atoms with Crippen molar-refractivity contribution < 1.29 is 8.81 Å². The zero-order valence-corrected chi connectivity index (χ0v) is 10.4. The third-order valence-electron chi connectivity index (χ3n) is 2.42. The van der Waals surface area contributed by atoms with E-state index in [1.54, 1.807) is 24.5 Å². The van der Waals surface area contributed by atoms with Gasteiger partial charge in [-0.25, -0.2) is 9.37 Å². The van der Waals surface area contributed by atoms with Crippen LogP contribution in [0.3, 0.4) is 0 Å². The predicted molar refractivity (Wildman–Crippen MR) is 67.0 cm³/mol. The monoisotopic (exact) mass is 250 g/mol. The summed E-state index contributed by atoms with van der Waals surface area (Å²) in [6.07, 6.45) is 4.39. The van der Waals surface area contributed by atoms with Gasteiger partial charge >= 0.3 is 0 Å². The van der Waals surface area contributed by atoms with Gasteiger partial charge in [0.1, 0.15) is 0 Å². The van der Waals surface area contributed by atoms with E-state index >= 15 is 0 Å². The Morgan fingerprint density at radius 3 is 3.00 bits per heavy atom. The van der Waals surface area contributed by atoms with Gasteiger partial charge in [0, 0.05) is 25.7 Å². The van der Waals surface area contributed by atoms with Gasteiger partial charge in [-0.1, -0.05) is 0 Å². The molecular weight excluding hydrogens is 235 g/mol. The van der Waals surface area contributed by atoms with Gasteiger partial charge in [0.05, 0.1) is 18.7 Å². The van der Waals surface area contributed by atoms with Gasteiger partial charge in [-0.2, -0.15) is 4.98 Å². The van der Waals surface area contributed by atoms with E-state index < -0.39 is 5.82 Å². The first-order chi connectivity index (χ1) is 8.70. The Morgan fingerprint density at radius 1 is 1.50 bits per heavy atom. The summed E-state index contributed by atoms with van der Waals surface area (Å²) in [4.78, 5) is 9.72. The molecule has 2 rings (SSSR count). The van der Waals surface area contributed by atoms with Crippen molar-refractivity contribution in [1.82, 2.24) is 9.97 Å². The molecule has 0 spiro atoms. The van der Waals surface area contributed by atoms with Gasteiger partial charge in [-0.05, 0) is 13.0 Å². The lowest BCUT2D eigenvalue weighted by molar-refractivity contribution is 0.563. The summed E-state index contributed by atoms with van der Waals surface area (Å²) in [5, 5.41) is 2.95. The lowest BCUT2D eigenvalue weighted by Crippen LogP contribution is -2.20. The molecule has 0 unspecified atom stereocenters. The smallest absolute Gasteiger partial charge is 0.224 e. The number of rotatable bonds is 5. The third-order valence-corrected chi connectivity index (χ3v) is 2.42. The van der Waals surface area contributed by atoms with E-state index in [0.29, 0.717) is 19.0 Å². The topological polar surface area (TPSA) is 54.2 Å². The Hall–Kier alpha value is -2.11. The molecule has 0 saturated carbocycles. The molecule has 0 bridgehead atoms. The van der Waals surface area contributed by atoms with Crippen molar-refractivity contribution in [3.63, 3.8) is 0 Å². The normalized spacial score (nSPS) is 10.4. The third kappa shape index (κ3) is 2.77. The molecule has 6 heteroatoms. The van der Waals surface area contributed by atoms with Crippen molar-refractivity contribution in [2.45, 2.75) is 13.5 Å². The zero-order chi connectivity index (χ0) is 13.0. The van der Waals surface area contributed by atoms with Crippen LogP contribution in [0.2, 0.25) is 0 Å². The quantitative estimate of drug-likeness (QED) is 0.882. The SMILES string of the molecule is CCNc1ncc(F)c(N(C)Cc2ccoc2)n1. The summed E-state index contributed by atoms with van der Waals surface area (Å²) in [7, 11) is 1.77. The van der Waals surface area contributed by atoms with Crippen LogP contribution < -0.4 is 10.2 Å². The highest BCUT2D eigenvalue weighted by atomic mass is 19.1. The Labute approximate surface area is 105 Å². The van der Waals surface area contributed by atoms with Crippen molar-refractivity contribution in [2.24, 2.45) is 0 Å². The van der Waals surface area contributed by atoms with Gasteiger partial charge in [0.15, 0.2) is 11.6 Å². The fourth-order valence-electron chi connectivity index (χ4n) is 1.60. The van der Waals surface area contributed by atoms with E-state index in [1.165, 1.54) is 6.20 Å². The highest BCUT2D eigenvalue weighted by Crippen LogP contribution is 2.18. The molecular formula is C12H15FN4O. The highest BCUT2D eigenvalue weighted by Gasteiger charge is 2.12. The highest BCUT2D eigenvalue weighted by molar-refractivity contribution is 5.43. The van der Waals surface area contributed by atoms with Crippen LogP contribution in [-0.4, -0.2) is 23.6 Å². The van der Waals surface area contributed by atoms with Crippen LogP contribution >= 0.6 is 0 Å². The van der Waals surface area contributed by atoms with Crippen LogP contribution in [0.1, 0.15) is 12.5 Å². The number of furan rings is 1. The van der Waals surface area contributed by atoms with Crippen molar-refractivity contribution >= 4 is 11.8 Å². The van der Waals surface area contributed by atoms with Crippen LogP contribution in [0.25, 0.3) is 0 Å². The van der Waals surface area contributed by atoms with E-state index in [1.807, 2.05) is 13.0 Å². The average Bonchev–Trinajstić information content (AvgIpc) is 2.84. The van der Waals surface area contributed by atoms with E-state index in [0.717, 1.165) is 5.56 Å². The molecule has 0 amide bonds. The molecule has 0 aliphatic carbocycles. The molecule has 0 saturated heterocycles. The minimum absolute atomic E-state index is 0.266. The van der Waals surface area contributed by atoms with E-state index in [-0.39, 0.29) is 5.82 Å². The fraction of sp³-hybridized carbons (Fsp3) is 0.333. The molecule has 0 aliphatic heterocycles. The lowest BCUT2D eigenvalue weighted by Gasteiger charge is -2.18. The first kappa shape index (κ1) is 12.3. The van der Waals surface area contributed by atoms with Crippen LogP contribution in [0.15, 0.2) is 29.2 Å². The molecule has 2 aromatic heterocycles. The van der Waals surface area contributed by atoms with Crippen molar-refractivity contribution in [3.8, 4) is 0 Å². The zero-order valence-electron chi connectivity index (χ0n) is 10.4. The van der Waals surface area contributed by atoms with Gasteiger partial charge in [0.2, 0.25) is 5.95 Å². The van der Waals surface area contributed by atoms with Crippen molar-refractivity contribution in [2.75, 3.05) is 23.8 Å². The van der Waals surface area contributed by atoms with Gasteiger partial charge in [0.25, 0.3) is 0 Å². The molecule has 0 radical (unpaired) electrons. The lowest BCUT2D eigenvalue weighted by atomic mass is 10.3. The Balaban J connectivity index is 2.17. The van der Waals surface area contributed by atoms with E-state index in [2.05, 4.69) is 15.3 Å². The second-order valence-electron chi connectivity index (χ2n) is 3.88. The number of anilines is 2. The maximum atomic E-state index is 13.7. The van der Waals surface area contributed by atoms with Crippen LogP contribution in [0.4, 0.5) is 16.2 Å². The number of nitrogens with zero attached hydrogens (tertiary/aromatic N) is 3. The Bertz CT molecular complexity index is 501. The first-order valence-corrected chi connectivity index (χ1v) is 5.69. The van der Waals surface area contributed by atoms with Crippen LogP contribution in [-0.2, 0) is 6.54 Å². The van der Waals surface area contributed by atoms with Gasteiger partial charge < -0.3 is 14.6 Å². The summed E-state index contributed by atoms with van der Waals surface area (Å²) < 4.78 is 18.6. The average molecular weight is 250 g/mol. The van der Waals surface area contributed by atoms with E-state index in [4.69, 9.17) is 4.42 Å². The fourth-order valence-corrected chi connectivity index (χ4v) is 1.60. The number of halogens is 1. The van der Waals surface area contributed by atoms with Gasteiger partial charge in [-0.3, -0.25) is 0 Å². The maximum absolute atomic E-state index is 13.7. The van der Waals surface area contributed by atoms with Crippen LogP contribution in [0.5, 0.6) is 0 Å². The minimum Gasteiger partial charge on any atom is -0.472 e. The molecule has 96 valence electrons. The van der Waals surface area contributed by atoms with Crippen molar-refractivity contribution in [1.29, 1.82) is 0 Å². The number of hydrogen-bond donors (Lipinski definition) is 1. The molecule has 0 aromatic carbocycles. The predicted octanol–water partition coefficient (Wildman–Crippen LogP) is 2.28. The summed E-state index contributed by atoms with van der Waals surface area (Å²) in [6, 6.07) is 1.83. The minimum atomic E-state index is -0.442. The second-order valence-corrected chi connectivity index (χ2v) is 3.88. The molecule has 0 atom stereocenters. The standard InChI is InChI=1S/C12H15FN4O/c1-3-14-12-15-6-10(13)11(16-12)17(2)7-9-4-5-18-8-9/h4-6,8H,3,7H2,1-2H3,(H,14,15,16). The van der Waals surface area contributed by atoms with E-state index in [9.17, 15) is 4.39 Å². The molecule has 2 aromatic rings. The summed E-state index contributed by atoms with van der Waals surface area (Å²) >= 11 is 0. The maximum Gasteiger partial charge on any atom is 0.224 e. The number of aromatic nitrogens is 2. The molecule has 1 N–H and O–H groups in total. The first-order valence-electron chi connectivity index (χ1n) is 5.69. The molecule has 0 aliphatic rings. The Morgan fingerprint density at radius 2 is 2.33 bits per heavy atom. The summed E-state index contributed by atoms with van der Waals surface area (Å²) in [6.45, 7) is 3.15. The number of nitrogens with one attached hydrogen (secondary N) is 1. The second kappa shape index (κ2) is 5.48. The molecule has 2 heterocycles. The van der Waals surface area contributed by atoms with Crippen LogP contribution in [0, 0.1) is 5.82 Å². The van der Waals surface area contributed by atoms with Crippen molar-refractivity contribution in [3.05, 3.63) is 36.2 Å². The molecule has 5 nitrogen and oxygen atoms in total. The van der Waals surface area contributed by atoms with Gasteiger partial charge in [-0.15, -0.1) is 0 Å². The molecule has 18 heavy (non-hydrogen) atoms. The number of hydrogen-bond acceptors (Lipinski definition) is 5. The summed E-state index contributed by atoms with van der Waals surface area (Å²) in [5.74, 6) is 0.248. The Kier molecular flexibility index (Phi) is 3.76. The summed E-state index contributed by atoms with van der Waals surface area (Å²) in [5.41, 5.74) is 0.959. The molecule has 0 fully saturated rings. The largest absolute Gasteiger partial charge is 0.472 e.